The molecule has 0 saturated carbocycles. The highest BCUT2D eigenvalue weighted by molar-refractivity contribution is 9.10. The van der Waals surface area contributed by atoms with E-state index in [1.165, 1.54) is 0 Å². The molecule has 1 heterocycles. The van der Waals surface area contributed by atoms with E-state index >= 15 is 0 Å². The van der Waals surface area contributed by atoms with E-state index in [1.807, 2.05) is 52.0 Å². The van der Waals surface area contributed by atoms with Crippen molar-refractivity contribution >= 4 is 45.4 Å². The van der Waals surface area contributed by atoms with Gasteiger partial charge >= 0.3 is 6.09 Å². The number of aliphatic imine (C=N–C) groups is 1. The number of nitrogens with two attached hydrogens (primary N) is 1. The SMILES string of the molecule is CCNC(CCCNC(=O)OC(C)(C)C)C(=O)C1=Cc2ccc(Br)cc2N=C(N)C1. The summed E-state index contributed by atoms with van der Waals surface area (Å²) in [7, 11) is 0. The third kappa shape index (κ3) is 7.57. The maximum atomic E-state index is 13.2. The van der Waals surface area contributed by atoms with Crippen molar-refractivity contribution in [3.05, 3.63) is 33.8 Å². The van der Waals surface area contributed by atoms with Crippen LogP contribution in [0.3, 0.4) is 0 Å². The number of hydrogen-bond donors (Lipinski definition) is 3. The maximum Gasteiger partial charge on any atom is 0.407 e. The second-order valence-corrected chi connectivity index (χ2v) is 9.11. The van der Waals surface area contributed by atoms with Crippen LogP contribution in [0.25, 0.3) is 6.08 Å². The summed E-state index contributed by atoms with van der Waals surface area (Å²) in [6, 6.07) is 5.36. The summed E-state index contributed by atoms with van der Waals surface area (Å²) in [5.41, 5.74) is 7.77. The zero-order valence-electron chi connectivity index (χ0n) is 18.0. The summed E-state index contributed by atoms with van der Waals surface area (Å²) >= 11 is 3.44. The highest BCUT2D eigenvalue weighted by Crippen LogP contribution is 2.30. The van der Waals surface area contributed by atoms with Crippen LogP contribution in [0.5, 0.6) is 0 Å². The number of carbonyl (C=O) groups is 2. The van der Waals surface area contributed by atoms with Gasteiger partial charge in [0.15, 0.2) is 5.78 Å². The Morgan fingerprint density at radius 2 is 2.07 bits per heavy atom. The Morgan fingerprint density at radius 3 is 2.73 bits per heavy atom. The second kappa shape index (κ2) is 10.7. The fourth-order valence-corrected chi connectivity index (χ4v) is 3.48. The Labute approximate surface area is 186 Å². The third-order valence-corrected chi connectivity index (χ3v) is 4.87. The van der Waals surface area contributed by atoms with E-state index in [1.54, 1.807) is 0 Å². The van der Waals surface area contributed by atoms with E-state index in [4.69, 9.17) is 10.5 Å². The van der Waals surface area contributed by atoms with Gasteiger partial charge < -0.3 is 21.1 Å². The highest BCUT2D eigenvalue weighted by Gasteiger charge is 2.24. The van der Waals surface area contributed by atoms with Crippen molar-refractivity contribution in [1.29, 1.82) is 0 Å². The number of likely N-dealkylation sites (N-methyl/N-ethyl adjacent to an activating group) is 1. The summed E-state index contributed by atoms with van der Waals surface area (Å²) in [6.45, 7) is 8.51. The zero-order valence-corrected chi connectivity index (χ0v) is 19.6. The zero-order chi connectivity index (χ0) is 22.3. The number of nitrogens with one attached hydrogen (secondary N) is 2. The standard InChI is InChI=1S/C22H31BrN4O3/c1-5-25-17(7-6-10-26-21(29)30-22(2,3)4)20(28)15-11-14-8-9-16(23)13-18(14)27-19(24)12-15/h8-9,11,13,17,25H,5-7,10,12H2,1-4H3,(H2,24,27)(H,26,29). The van der Waals surface area contributed by atoms with E-state index in [-0.39, 0.29) is 11.8 Å². The molecule has 8 heteroatoms. The average Bonchev–Trinajstić information content (AvgIpc) is 2.79. The van der Waals surface area contributed by atoms with Crippen LogP contribution in [0.2, 0.25) is 0 Å². The summed E-state index contributed by atoms with van der Waals surface area (Å²) in [5, 5.41) is 5.98. The number of amidine groups is 1. The second-order valence-electron chi connectivity index (χ2n) is 8.20. The smallest absolute Gasteiger partial charge is 0.407 e. The van der Waals surface area contributed by atoms with Gasteiger partial charge in [-0.05, 0) is 58.4 Å². The lowest BCUT2D eigenvalue weighted by atomic mass is 9.96. The highest BCUT2D eigenvalue weighted by atomic mass is 79.9. The molecule has 0 radical (unpaired) electrons. The molecular formula is C22H31BrN4O3. The van der Waals surface area contributed by atoms with Crippen LogP contribution in [0, 0.1) is 0 Å². The van der Waals surface area contributed by atoms with Crippen LogP contribution in [-0.2, 0) is 9.53 Å². The lowest BCUT2D eigenvalue weighted by Gasteiger charge is -2.20. The Bertz CT molecular complexity index is 843. The number of fused-ring (bicyclic) bond motifs is 1. The molecule has 0 aliphatic carbocycles. The Balaban J connectivity index is 2.03. The van der Waals surface area contributed by atoms with Gasteiger partial charge in [-0.1, -0.05) is 28.9 Å². The van der Waals surface area contributed by atoms with E-state index in [0.717, 1.165) is 15.7 Å². The molecule has 4 N–H and O–H groups in total. The van der Waals surface area contributed by atoms with Crippen LogP contribution in [0.15, 0.2) is 33.2 Å². The topological polar surface area (TPSA) is 106 Å². The lowest BCUT2D eigenvalue weighted by molar-refractivity contribution is -0.117. The molecule has 0 saturated heterocycles. The van der Waals surface area contributed by atoms with Gasteiger partial charge in [-0.2, -0.15) is 0 Å². The molecule has 164 valence electrons. The number of nitrogens with zero attached hydrogens (tertiary/aromatic N) is 1. The van der Waals surface area contributed by atoms with Crippen LogP contribution >= 0.6 is 15.9 Å². The number of halogens is 1. The van der Waals surface area contributed by atoms with Crippen LogP contribution < -0.4 is 16.4 Å². The van der Waals surface area contributed by atoms with Gasteiger partial charge in [-0.25, -0.2) is 9.79 Å². The minimum Gasteiger partial charge on any atom is -0.444 e. The maximum absolute atomic E-state index is 13.2. The first-order valence-corrected chi connectivity index (χ1v) is 11.0. The van der Waals surface area contributed by atoms with Gasteiger partial charge in [0, 0.05) is 28.6 Å². The monoisotopic (exact) mass is 478 g/mol. The molecule has 1 aliphatic rings. The molecule has 2 rings (SSSR count). The Kier molecular flexibility index (Phi) is 8.61. The fraction of sp³-hybridized carbons (Fsp3) is 0.500. The molecule has 0 fully saturated rings. The number of hydrogen-bond acceptors (Lipinski definition) is 6. The average molecular weight is 479 g/mol. The minimum atomic E-state index is -0.536. The molecule has 7 nitrogen and oxygen atoms in total. The van der Waals surface area contributed by atoms with Gasteiger partial charge in [-0.3, -0.25) is 4.79 Å². The summed E-state index contributed by atoms with van der Waals surface area (Å²) in [6.07, 6.45) is 2.96. The normalized spacial score (nSPS) is 14.7. The van der Waals surface area contributed by atoms with Gasteiger partial charge in [0.05, 0.1) is 11.7 Å². The molecule has 1 unspecified atom stereocenters. The predicted molar refractivity (Wildman–Crippen MR) is 124 cm³/mol. The molecule has 0 bridgehead atoms. The summed E-state index contributed by atoms with van der Waals surface area (Å²) in [5.74, 6) is 0.413. The van der Waals surface area contributed by atoms with E-state index in [9.17, 15) is 9.59 Å². The van der Waals surface area contributed by atoms with E-state index in [2.05, 4.69) is 31.6 Å². The van der Waals surface area contributed by atoms with Crippen LogP contribution in [-0.4, -0.2) is 42.4 Å². The van der Waals surface area contributed by atoms with Gasteiger partial charge in [0.2, 0.25) is 0 Å². The van der Waals surface area contributed by atoms with Gasteiger partial charge in [0.1, 0.15) is 11.4 Å². The number of alkyl carbamates (subject to hydrolysis) is 1. The van der Waals surface area contributed by atoms with Crippen molar-refractivity contribution in [2.75, 3.05) is 13.1 Å². The van der Waals surface area contributed by atoms with Crippen molar-refractivity contribution < 1.29 is 14.3 Å². The van der Waals surface area contributed by atoms with Crippen molar-refractivity contribution in [1.82, 2.24) is 10.6 Å². The molecule has 0 aromatic heterocycles. The number of Topliss-reactive ketones (excluding diaryl/α,β-unsaturated/α-hetero) is 1. The first-order chi connectivity index (χ1) is 14.1. The summed E-state index contributed by atoms with van der Waals surface area (Å²) < 4.78 is 6.14. The molecule has 1 aliphatic heterocycles. The number of ether oxygens (including phenoxy) is 1. The molecular weight excluding hydrogens is 448 g/mol. The third-order valence-electron chi connectivity index (χ3n) is 4.38. The molecule has 1 aromatic rings. The van der Waals surface area contributed by atoms with E-state index < -0.39 is 11.7 Å². The largest absolute Gasteiger partial charge is 0.444 e. The molecule has 30 heavy (non-hydrogen) atoms. The first-order valence-electron chi connectivity index (χ1n) is 10.2. The molecule has 1 atom stereocenters. The minimum absolute atomic E-state index is 0.00281. The van der Waals surface area contributed by atoms with Crippen molar-refractivity contribution in [3.8, 4) is 0 Å². The predicted octanol–water partition coefficient (Wildman–Crippen LogP) is 4.08. The first kappa shape index (κ1) is 24.1. The number of ketones is 1. The van der Waals surface area contributed by atoms with Crippen molar-refractivity contribution in [2.45, 2.75) is 58.6 Å². The van der Waals surface area contributed by atoms with Gasteiger partial charge in [0.25, 0.3) is 0 Å². The number of benzene rings is 1. The number of rotatable bonds is 8. The fourth-order valence-electron chi connectivity index (χ4n) is 3.13. The number of carbonyl (C=O) groups excluding carboxylic acids is 2. The molecule has 0 spiro atoms. The van der Waals surface area contributed by atoms with Crippen molar-refractivity contribution in [3.63, 3.8) is 0 Å². The van der Waals surface area contributed by atoms with Crippen molar-refractivity contribution in [2.24, 2.45) is 10.7 Å². The van der Waals surface area contributed by atoms with Crippen LogP contribution in [0.1, 0.15) is 52.5 Å². The quantitative estimate of drug-likeness (QED) is 0.488. The summed E-state index contributed by atoms with van der Waals surface area (Å²) in [4.78, 5) is 29.4. The van der Waals surface area contributed by atoms with Crippen LogP contribution in [0.4, 0.5) is 10.5 Å². The molecule has 1 aromatic carbocycles. The number of amides is 1. The Hall–Kier alpha value is -2.19. The van der Waals surface area contributed by atoms with Gasteiger partial charge in [-0.15, -0.1) is 0 Å². The molecule has 1 amide bonds. The Morgan fingerprint density at radius 1 is 1.33 bits per heavy atom. The van der Waals surface area contributed by atoms with E-state index in [0.29, 0.717) is 43.8 Å². The lowest BCUT2D eigenvalue weighted by Crippen LogP contribution is -2.39.